The first-order chi connectivity index (χ1) is 38.8. The Labute approximate surface area is 485 Å². The van der Waals surface area contributed by atoms with E-state index in [1.165, 1.54) is 111 Å². The first kappa shape index (κ1) is 51.1. The van der Waals surface area contributed by atoms with Crippen molar-refractivity contribution in [3.63, 3.8) is 0 Å². The highest BCUT2D eigenvalue weighted by Gasteiger charge is 2.51. The molecular weight excluding hydrogens is 994 g/mol. The predicted molar refractivity (Wildman–Crippen MR) is 351 cm³/mol. The van der Waals surface area contributed by atoms with E-state index in [1.807, 2.05) is 0 Å². The van der Waals surface area contributed by atoms with Crippen LogP contribution in [0.2, 0.25) is 0 Å². The van der Waals surface area contributed by atoms with Gasteiger partial charge in [-0.25, -0.2) is 0 Å². The van der Waals surface area contributed by atoms with Gasteiger partial charge in [0.1, 0.15) is 11.2 Å². The molecule has 0 fully saturated rings. The Morgan fingerprint density at radius 2 is 1.04 bits per heavy atom. The summed E-state index contributed by atoms with van der Waals surface area (Å²) in [4.78, 5) is 5.20. The number of anilines is 5. The molecule has 5 heteroatoms. The van der Waals surface area contributed by atoms with E-state index in [0.29, 0.717) is 0 Å². The first-order valence-electron chi connectivity index (χ1n) is 30.2. The Morgan fingerprint density at radius 1 is 0.476 bits per heavy atom. The third kappa shape index (κ3) is 7.16. The van der Waals surface area contributed by atoms with Crippen molar-refractivity contribution >= 4 is 90.0 Å². The van der Waals surface area contributed by atoms with Crippen molar-refractivity contribution in [2.45, 2.75) is 149 Å². The normalized spacial score (nSPS) is 16.4. The third-order valence-electron chi connectivity index (χ3n) is 20.1. The molecule has 0 bridgehead atoms. The molecule has 0 saturated carbocycles. The van der Waals surface area contributed by atoms with E-state index < -0.39 is 0 Å². The van der Waals surface area contributed by atoms with Crippen LogP contribution >= 0.6 is 0 Å². The van der Waals surface area contributed by atoms with Crippen molar-refractivity contribution in [1.29, 1.82) is 0 Å². The molecule has 0 atom stereocenters. The van der Waals surface area contributed by atoms with Crippen molar-refractivity contribution in [2.24, 2.45) is 0 Å². The van der Waals surface area contributed by atoms with Gasteiger partial charge in [-0.15, -0.1) is 0 Å². The summed E-state index contributed by atoms with van der Waals surface area (Å²) in [6.45, 7) is 35.5. The van der Waals surface area contributed by atoms with E-state index >= 15 is 0 Å². The van der Waals surface area contributed by atoms with Crippen LogP contribution in [0.25, 0.3) is 71.7 Å². The summed E-state index contributed by atoms with van der Waals surface area (Å²) in [5, 5.41) is 5.04. The van der Waals surface area contributed by atoms with E-state index in [2.05, 4.69) is 282 Å². The Morgan fingerprint density at radius 3 is 1.66 bits per heavy atom. The van der Waals surface area contributed by atoms with Crippen molar-refractivity contribution in [1.82, 2.24) is 4.57 Å². The molecule has 0 radical (unpaired) electrons. The van der Waals surface area contributed by atoms with Crippen LogP contribution in [0.3, 0.4) is 0 Å². The van der Waals surface area contributed by atoms with Crippen LogP contribution < -0.4 is 20.6 Å². The molecule has 0 amide bonds. The monoisotopic (exact) mass is 1070 g/mol. The van der Waals surface area contributed by atoms with Gasteiger partial charge in [-0.2, -0.15) is 0 Å². The van der Waals surface area contributed by atoms with Crippen LogP contribution in [-0.2, 0) is 32.5 Å². The third-order valence-corrected chi connectivity index (χ3v) is 20.1. The van der Waals surface area contributed by atoms with Gasteiger partial charge in [0, 0.05) is 66.6 Å². The number of nitrogens with zero attached hydrogens (tertiary/aromatic N) is 3. The summed E-state index contributed by atoms with van der Waals surface area (Å²) in [6.07, 6.45) is 2.30. The molecule has 4 heterocycles. The van der Waals surface area contributed by atoms with Crippen LogP contribution in [0.4, 0.5) is 28.4 Å². The van der Waals surface area contributed by atoms with Gasteiger partial charge in [0.05, 0.1) is 11.0 Å². The van der Waals surface area contributed by atoms with Gasteiger partial charge in [0.15, 0.2) is 0 Å². The number of furan rings is 1. The van der Waals surface area contributed by atoms with E-state index in [0.717, 1.165) is 51.8 Å². The topological polar surface area (TPSA) is 24.6 Å². The average molecular weight is 1070 g/mol. The molecule has 15 rings (SSSR count). The Kier molecular flexibility index (Phi) is 10.4. The second-order valence-corrected chi connectivity index (χ2v) is 29.7. The van der Waals surface area contributed by atoms with Crippen LogP contribution in [0.15, 0.2) is 168 Å². The number of benzene rings is 9. The standard InChI is InChI=1S/C77H76BN3O/c1-72(2,3)45-24-30-48(31-25-45)79(49-32-26-46(27-33-49)73(4,5)6)51-36-37-61-55(40-51)67-66-53-21-16-18-22-57(53)77(14,15)69(66)68-56-41-58-59(76(12,13)39-38-75(58,10)11)43-62(56)80-63-42-54-52-20-17-19-23-64(52)82-65(54)44-60(63)78(70(67)71(68)80)81(61)50-34-28-47(29-35-50)74(7,8)9/h16-37,40-44H,38-39H2,1-15H3. The Hall–Kier alpha value is -7.76. The zero-order chi connectivity index (χ0) is 57.1. The molecule has 2 aliphatic carbocycles. The summed E-state index contributed by atoms with van der Waals surface area (Å²) in [6, 6.07) is 63.8. The number of para-hydroxylation sites is 1. The number of hydrogen-bond donors (Lipinski definition) is 0. The fourth-order valence-electron chi connectivity index (χ4n) is 15.3. The van der Waals surface area contributed by atoms with Gasteiger partial charge < -0.3 is 18.7 Å². The zero-order valence-electron chi connectivity index (χ0n) is 50.8. The maximum Gasteiger partial charge on any atom is 0.333 e. The number of hydrogen-bond acceptors (Lipinski definition) is 3. The number of rotatable bonds is 4. The van der Waals surface area contributed by atoms with Gasteiger partial charge in [0.25, 0.3) is 0 Å². The lowest BCUT2D eigenvalue weighted by molar-refractivity contribution is 0.332. The quantitative estimate of drug-likeness (QED) is 0.164. The molecule has 9 aromatic carbocycles. The first-order valence-corrected chi connectivity index (χ1v) is 30.2. The SMILES string of the molecule is CC(C)(C)c1ccc(N2B3c4cc5oc6ccccc6c5cc4-n4c5cc6c(cc5c5c7c(c(c3c54)-c3cc(N(c4ccc(C(C)(C)C)cc4)c4ccc(C(C)(C)C)cc4)ccc32)-c2ccccc2C7(C)C)C(C)(C)CCC6(C)C)cc1. The van der Waals surface area contributed by atoms with Crippen molar-refractivity contribution in [3.05, 3.63) is 203 Å². The molecule has 82 heavy (non-hydrogen) atoms. The summed E-state index contributed by atoms with van der Waals surface area (Å²) < 4.78 is 9.71. The number of aromatic nitrogens is 1. The van der Waals surface area contributed by atoms with Crippen LogP contribution in [0.5, 0.6) is 0 Å². The molecule has 2 aliphatic heterocycles. The lowest BCUT2D eigenvalue weighted by Gasteiger charge is -2.43. The van der Waals surface area contributed by atoms with E-state index in [-0.39, 0.29) is 39.3 Å². The fourth-order valence-corrected chi connectivity index (χ4v) is 15.3. The maximum atomic E-state index is 6.97. The van der Waals surface area contributed by atoms with Gasteiger partial charge in [-0.05, 0) is 191 Å². The van der Waals surface area contributed by atoms with E-state index in [1.54, 1.807) is 0 Å². The predicted octanol–water partition coefficient (Wildman–Crippen LogP) is 19.9. The molecule has 408 valence electrons. The second-order valence-electron chi connectivity index (χ2n) is 29.7. The van der Waals surface area contributed by atoms with Crippen LogP contribution in [-0.4, -0.2) is 11.4 Å². The van der Waals surface area contributed by atoms with E-state index in [9.17, 15) is 0 Å². The molecule has 0 saturated heterocycles. The van der Waals surface area contributed by atoms with E-state index in [4.69, 9.17) is 4.42 Å². The number of fused-ring (bicyclic) bond motifs is 17. The average Bonchev–Trinajstić information content (AvgIpc) is 1.63. The van der Waals surface area contributed by atoms with Gasteiger partial charge in [-0.1, -0.05) is 183 Å². The summed E-state index contributed by atoms with van der Waals surface area (Å²) >= 11 is 0. The highest BCUT2D eigenvalue weighted by Crippen LogP contribution is 2.60. The molecule has 4 aliphatic rings. The smallest absolute Gasteiger partial charge is 0.333 e. The molecule has 0 N–H and O–H groups in total. The molecule has 4 nitrogen and oxygen atoms in total. The van der Waals surface area contributed by atoms with Crippen molar-refractivity contribution < 1.29 is 4.42 Å². The minimum atomic E-state index is -0.321. The summed E-state index contributed by atoms with van der Waals surface area (Å²) in [5.41, 5.74) is 28.8. The lowest BCUT2D eigenvalue weighted by Crippen LogP contribution is -2.60. The second kappa shape index (κ2) is 16.7. The van der Waals surface area contributed by atoms with Crippen LogP contribution in [0, 0.1) is 0 Å². The Bertz CT molecular complexity index is 4460. The molecule has 0 spiro atoms. The summed E-state index contributed by atoms with van der Waals surface area (Å²) in [7, 11) is 0. The highest BCUT2D eigenvalue weighted by atomic mass is 16.3. The minimum absolute atomic E-state index is 0.00870. The largest absolute Gasteiger partial charge is 0.456 e. The summed E-state index contributed by atoms with van der Waals surface area (Å²) in [5.74, 6) is 0. The lowest BCUT2D eigenvalue weighted by atomic mass is 9.43. The Balaban J connectivity index is 1.13. The van der Waals surface area contributed by atoms with Gasteiger partial charge in [-0.3, -0.25) is 0 Å². The molecule has 11 aromatic rings. The van der Waals surface area contributed by atoms with Gasteiger partial charge in [0.2, 0.25) is 0 Å². The minimum Gasteiger partial charge on any atom is -0.456 e. The highest BCUT2D eigenvalue weighted by molar-refractivity contribution is 6.94. The van der Waals surface area contributed by atoms with Crippen molar-refractivity contribution in [2.75, 3.05) is 9.71 Å². The van der Waals surface area contributed by atoms with Crippen molar-refractivity contribution in [3.8, 4) is 27.9 Å². The van der Waals surface area contributed by atoms with Gasteiger partial charge >= 0.3 is 6.85 Å². The van der Waals surface area contributed by atoms with Crippen LogP contribution in [0.1, 0.15) is 156 Å². The fraction of sp³-hybridized carbons (Fsp3) is 0.299. The zero-order valence-corrected chi connectivity index (χ0v) is 50.8. The molecular formula is C77H76BN3O. The maximum absolute atomic E-state index is 6.97. The molecule has 0 unspecified atom stereocenters. The molecule has 2 aromatic heterocycles.